The SMILES string of the molecule is C.CC.Cc1cc(C)n(C)n1. The minimum atomic E-state index is 0. The third-order valence-electron chi connectivity index (χ3n) is 1.24. The lowest BCUT2D eigenvalue weighted by Gasteiger charge is -1.87. The largest absolute Gasteiger partial charge is 0.273 e. The third kappa shape index (κ3) is 3.81. The lowest BCUT2D eigenvalue weighted by molar-refractivity contribution is 0.731. The third-order valence-corrected chi connectivity index (χ3v) is 1.24. The molecule has 0 aliphatic rings. The first-order valence-corrected chi connectivity index (χ1v) is 3.67. The molecule has 0 N–H and O–H groups in total. The lowest BCUT2D eigenvalue weighted by Crippen LogP contribution is -1.91. The van der Waals surface area contributed by atoms with Crippen LogP contribution in [-0.2, 0) is 7.05 Å². The molecule has 1 rings (SSSR count). The van der Waals surface area contributed by atoms with Gasteiger partial charge < -0.3 is 0 Å². The van der Waals surface area contributed by atoms with E-state index in [2.05, 4.69) is 11.2 Å². The van der Waals surface area contributed by atoms with Crippen LogP contribution in [0, 0.1) is 13.8 Å². The molecule has 0 aromatic carbocycles. The van der Waals surface area contributed by atoms with E-state index in [4.69, 9.17) is 0 Å². The maximum atomic E-state index is 4.13. The highest BCUT2D eigenvalue weighted by Gasteiger charge is 1.91. The number of aryl methyl sites for hydroxylation is 3. The van der Waals surface area contributed by atoms with E-state index in [0.717, 1.165) is 5.69 Å². The van der Waals surface area contributed by atoms with E-state index in [1.54, 1.807) is 0 Å². The molecule has 0 saturated heterocycles. The highest BCUT2D eigenvalue weighted by atomic mass is 15.3. The van der Waals surface area contributed by atoms with Crippen LogP contribution < -0.4 is 0 Å². The molecule has 0 spiro atoms. The van der Waals surface area contributed by atoms with Crippen LogP contribution >= 0.6 is 0 Å². The van der Waals surface area contributed by atoms with Crippen molar-refractivity contribution < 1.29 is 0 Å². The molecule has 0 atom stereocenters. The van der Waals surface area contributed by atoms with E-state index in [-0.39, 0.29) is 7.43 Å². The van der Waals surface area contributed by atoms with Gasteiger partial charge in [-0.2, -0.15) is 5.10 Å². The quantitative estimate of drug-likeness (QED) is 0.564. The zero-order valence-corrected chi connectivity index (χ0v) is 7.47. The van der Waals surface area contributed by atoms with Crippen molar-refractivity contribution in [1.29, 1.82) is 0 Å². The molecule has 0 bridgehead atoms. The number of hydrogen-bond acceptors (Lipinski definition) is 1. The van der Waals surface area contributed by atoms with E-state index in [1.807, 2.05) is 39.4 Å². The molecule has 2 nitrogen and oxygen atoms in total. The van der Waals surface area contributed by atoms with E-state index in [9.17, 15) is 0 Å². The maximum Gasteiger partial charge on any atom is 0.0596 e. The number of hydrogen-bond donors (Lipinski definition) is 0. The standard InChI is InChI=1S/C6H10N2.C2H6.CH4/c1-5-4-6(2)8(3)7-5;1-2;/h4H,1-3H3;1-2H3;1H4. The predicted octanol–water partition coefficient (Wildman–Crippen LogP) is 2.70. The molecular weight excluding hydrogens is 136 g/mol. The van der Waals surface area contributed by atoms with Gasteiger partial charge >= 0.3 is 0 Å². The van der Waals surface area contributed by atoms with Crippen molar-refractivity contribution in [1.82, 2.24) is 9.78 Å². The fourth-order valence-corrected chi connectivity index (χ4v) is 0.740. The zero-order chi connectivity index (χ0) is 8.15. The van der Waals surface area contributed by atoms with Gasteiger partial charge in [-0.25, -0.2) is 0 Å². The Morgan fingerprint density at radius 1 is 1.27 bits per heavy atom. The molecule has 0 amide bonds. The summed E-state index contributed by atoms with van der Waals surface area (Å²) in [5.74, 6) is 0. The Morgan fingerprint density at radius 2 is 1.73 bits per heavy atom. The summed E-state index contributed by atoms with van der Waals surface area (Å²) in [5.41, 5.74) is 2.30. The van der Waals surface area contributed by atoms with Gasteiger partial charge in [-0.15, -0.1) is 0 Å². The first kappa shape index (κ1) is 12.8. The summed E-state index contributed by atoms with van der Waals surface area (Å²) in [5, 5.41) is 4.13. The normalized spacial score (nSPS) is 7.73. The van der Waals surface area contributed by atoms with E-state index < -0.39 is 0 Å². The van der Waals surface area contributed by atoms with Gasteiger partial charge in [0, 0.05) is 12.7 Å². The number of aromatic nitrogens is 2. The monoisotopic (exact) mass is 156 g/mol. The highest BCUT2D eigenvalue weighted by Crippen LogP contribution is 1.96. The van der Waals surface area contributed by atoms with Crippen molar-refractivity contribution in [3.63, 3.8) is 0 Å². The molecule has 1 aromatic heterocycles. The Morgan fingerprint density at radius 3 is 1.82 bits per heavy atom. The average Bonchev–Trinajstić information content (AvgIpc) is 2.16. The first-order chi connectivity index (χ1) is 4.70. The highest BCUT2D eigenvalue weighted by molar-refractivity contribution is 5.05. The molecule has 1 aromatic rings. The van der Waals surface area contributed by atoms with Crippen LogP contribution in [-0.4, -0.2) is 9.78 Å². The molecule has 2 heteroatoms. The summed E-state index contributed by atoms with van der Waals surface area (Å²) < 4.78 is 1.87. The predicted molar refractivity (Wildman–Crippen MR) is 50.8 cm³/mol. The van der Waals surface area contributed by atoms with Crippen molar-refractivity contribution in [2.24, 2.45) is 7.05 Å². The van der Waals surface area contributed by atoms with E-state index in [1.165, 1.54) is 5.69 Å². The van der Waals surface area contributed by atoms with Crippen LogP contribution in [0.2, 0.25) is 0 Å². The van der Waals surface area contributed by atoms with E-state index >= 15 is 0 Å². The van der Waals surface area contributed by atoms with Crippen molar-refractivity contribution in [3.8, 4) is 0 Å². The fraction of sp³-hybridized carbons (Fsp3) is 0.667. The lowest BCUT2D eigenvalue weighted by atomic mass is 10.4. The van der Waals surface area contributed by atoms with Crippen LogP contribution in [0.1, 0.15) is 32.7 Å². The summed E-state index contributed by atoms with van der Waals surface area (Å²) in [7, 11) is 1.95. The van der Waals surface area contributed by atoms with Crippen LogP contribution in [0.3, 0.4) is 0 Å². The van der Waals surface area contributed by atoms with Gasteiger partial charge in [-0.1, -0.05) is 21.3 Å². The Kier molecular flexibility index (Phi) is 6.96. The Labute approximate surface area is 70.2 Å². The zero-order valence-electron chi connectivity index (χ0n) is 7.47. The summed E-state index contributed by atoms with van der Waals surface area (Å²) >= 11 is 0. The smallest absolute Gasteiger partial charge is 0.0596 e. The van der Waals surface area contributed by atoms with Crippen LogP contribution in [0.15, 0.2) is 6.07 Å². The summed E-state index contributed by atoms with van der Waals surface area (Å²) in [6.45, 7) is 8.03. The van der Waals surface area contributed by atoms with Crippen molar-refractivity contribution in [2.45, 2.75) is 35.1 Å². The second kappa shape index (κ2) is 5.96. The van der Waals surface area contributed by atoms with Crippen molar-refractivity contribution in [3.05, 3.63) is 17.5 Å². The first-order valence-electron chi connectivity index (χ1n) is 3.67. The van der Waals surface area contributed by atoms with Gasteiger partial charge in [0.2, 0.25) is 0 Å². The summed E-state index contributed by atoms with van der Waals surface area (Å²) in [6.07, 6.45) is 0. The number of nitrogens with zero attached hydrogens (tertiary/aromatic N) is 2. The molecule has 66 valence electrons. The topological polar surface area (TPSA) is 17.8 Å². The molecule has 0 aliphatic heterocycles. The fourth-order valence-electron chi connectivity index (χ4n) is 0.740. The summed E-state index contributed by atoms with van der Waals surface area (Å²) in [6, 6.07) is 2.06. The van der Waals surface area contributed by atoms with Gasteiger partial charge in [-0.3, -0.25) is 4.68 Å². The van der Waals surface area contributed by atoms with Gasteiger partial charge in [-0.05, 0) is 19.9 Å². The van der Waals surface area contributed by atoms with E-state index in [0.29, 0.717) is 0 Å². The molecule has 0 aliphatic carbocycles. The molecule has 0 unspecified atom stereocenters. The Balaban J connectivity index is 0. The van der Waals surface area contributed by atoms with Gasteiger partial charge in [0.15, 0.2) is 0 Å². The molecule has 0 radical (unpaired) electrons. The minimum Gasteiger partial charge on any atom is -0.273 e. The summed E-state index contributed by atoms with van der Waals surface area (Å²) in [4.78, 5) is 0. The maximum absolute atomic E-state index is 4.13. The molecular formula is C9H20N2. The van der Waals surface area contributed by atoms with Crippen molar-refractivity contribution >= 4 is 0 Å². The van der Waals surface area contributed by atoms with Gasteiger partial charge in [0.1, 0.15) is 0 Å². The van der Waals surface area contributed by atoms with Crippen LogP contribution in [0.25, 0.3) is 0 Å². The second-order valence-corrected chi connectivity index (χ2v) is 2.05. The van der Waals surface area contributed by atoms with Crippen LogP contribution in [0.4, 0.5) is 0 Å². The van der Waals surface area contributed by atoms with Crippen LogP contribution in [0.5, 0.6) is 0 Å². The van der Waals surface area contributed by atoms with Crippen molar-refractivity contribution in [2.75, 3.05) is 0 Å². The molecule has 1 heterocycles. The second-order valence-electron chi connectivity index (χ2n) is 2.05. The number of rotatable bonds is 0. The molecule has 0 fully saturated rings. The van der Waals surface area contributed by atoms with Gasteiger partial charge in [0.25, 0.3) is 0 Å². The Bertz CT molecular complexity index is 170. The molecule has 11 heavy (non-hydrogen) atoms. The molecule has 0 saturated carbocycles. The minimum absolute atomic E-state index is 0. The average molecular weight is 156 g/mol. The van der Waals surface area contributed by atoms with Gasteiger partial charge in [0.05, 0.1) is 5.69 Å². The Hall–Kier alpha value is -0.790.